The molecular weight excluding hydrogens is 269 g/mol. The summed E-state index contributed by atoms with van der Waals surface area (Å²) in [6, 6.07) is 0. The Morgan fingerprint density at radius 2 is 1.62 bits per heavy atom. The minimum absolute atomic E-state index is 0.0987. The summed E-state index contributed by atoms with van der Waals surface area (Å²) < 4.78 is 35.6. The third kappa shape index (κ3) is 2.87. The highest BCUT2D eigenvalue weighted by atomic mass is 35.5. The van der Waals surface area contributed by atoms with Crippen molar-refractivity contribution < 1.29 is 13.2 Å². The number of nitrogens with one attached hydrogen (secondary N) is 1. The molecule has 0 atom stereocenters. The Hall–Kier alpha value is 0.290. The first kappa shape index (κ1) is 11.4. The molecule has 0 aliphatic rings. The molecule has 0 aliphatic heterocycles. The molecule has 0 unspecified atom stereocenters. The van der Waals surface area contributed by atoms with Crippen molar-refractivity contribution in [3.8, 4) is 0 Å². The van der Waals surface area contributed by atoms with Crippen LogP contribution in [0.25, 0.3) is 0 Å². The van der Waals surface area contributed by atoms with Crippen molar-refractivity contribution in [2.45, 2.75) is 10.5 Å². The van der Waals surface area contributed by atoms with Gasteiger partial charge in [-0.3, -0.25) is 0 Å². The predicted octanol–water partition coefficient (Wildman–Crippen LogP) is 4.59. The Morgan fingerprint density at radius 3 is 1.92 bits per heavy atom. The third-order valence-electron chi connectivity index (χ3n) is 1.03. The monoisotopic (exact) mass is 269 g/mol. The van der Waals surface area contributed by atoms with Crippen molar-refractivity contribution in [3.05, 3.63) is 15.2 Å². The molecule has 0 saturated heterocycles. The van der Waals surface area contributed by atoms with Crippen molar-refractivity contribution in [1.82, 2.24) is 4.98 Å². The lowest BCUT2D eigenvalue weighted by Gasteiger charge is -2.02. The summed E-state index contributed by atoms with van der Waals surface area (Å²) >= 11 is 15.9. The largest absolute Gasteiger partial charge is 0.447 e. The molecule has 0 saturated carbocycles. The number of thioether (sulfide) groups is 1. The van der Waals surface area contributed by atoms with Gasteiger partial charge in [-0.15, -0.1) is 0 Å². The lowest BCUT2D eigenvalue weighted by molar-refractivity contribution is -0.0329. The third-order valence-corrected chi connectivity index (χ3v) is 3.11. The molecule has 1 aromatic rings. The van der Waals surface area contributed by atoms with Crippen LogP contribution in [0.3, 0.4) is 0 Å². The fourth-order valence-electron chi connectivity index (χ4n) is 0.591. The van der Waals surface area contributed by atoms with Gasteiger partial charge in [0.1, 0.15) is 10.2 Å². The van der Waals surface area contributed by atoms with Crippen molar-refractivity contribution in [2.24, 2.45) is 0 Å². The topological polar surface area (TPSA) is 15.8 Å². The average molecular weight is 270 g/mol. The van der Waals surface area contributed by atoms with Crippen LogP contribution in [0.1, 0.15) is 0 Å². The zero-order valence-corrected chi connectivity index (χ0v) is 8.76. The molecule has 1 heterocycles. The number of hydrogen-bond acceptors (Lipinski definition) is 1. The zero-order chi connectivity index (χ0) is 10.2. The molecule has 1 rings (SSSR count). The molecule has 74 valence electrons. The second-order valence-electron chi connectivity index (χ2n) is 1.94. The second kappa shape index (κ2) is 3.81. The van der Waals surface area contributed by atoms with Gasteiger partial charge in [0.15, 0.2) is 0 Å². The summed E-state index contributed by atoms with van der Waals surface area (Å²) in [6.45, 7) is 0. The SMILES string of the molecule is FC(F)(F)Sc1[nH]c(Cl)c(Cl)c1Cl. The lowest BCUT2D eigenvalue weighted by atomic mass is 10.6. The van der Waals surface area contributed by atoms with Crippen LogP contribution in [0, 0.1) is 0 Å². The standard InChI is InChI=1S/C5HCl3F3NS/c6-1-2(7)4(12-3(1)8)13-5(9,10)11/h12H. The maximum atomic E-state index is 11.9. The van der Waals surface area contributed by atoms with Gasteiger partial charge < -0.3 is 4.98 Å². The first-order chi connectivity index (χ1) is 5.81. The fourth-order valence-corrected chi connectivity index (χ4v) is 1.92. The highest BCUT2D eigenvalue weighted by Gasteiger charge is 2.32. The van der Waals surface area contributed by atoms with Crippen LogP contribution in [0.15, 0.2) is 5.03 Å². The van der Waals surface area contributed by atoms with E-state index in [-0.39, 0.29) is 20.2 Å². The molecule has 0 radical (unpaired) electrons. The molecule has 0 fully saturated rings. The van der Waals surface area contributed by atoms with E-state index in [9.17, 15) is 13.2 Å². The molecular formula is C5HCl3F3NS. The van der Waals surface area contributed by atoms with Gasteiger partial charge >= 0.3 is 5.51 Å². The van der Waals surface area contributed by atoms with E-state index in [1.165, 1.54) is 0 Å². The van der Waals surface area contributed by atoms with Crippen molar-refractivity contribution >= 4 is 46.6 Å². The first-order valence-corrected chi connectivity index (χ1v) is 4.74. The number of alkyl halides is 3. The first-order valence-electron chi connectivity index (χ1n) is 2.79. The van der Waals surface area contributed by atoms with Crippen molar-refractivity contribution in [1.29, 1.82) is 0 Å². The summed E-state index contributed by atoms with van der Waals surface area (Å²) in [6.07, 6.45) is 0. The fraction of sp³-hybridized carbons (Fsp3) is 0.200. The van der Waals surface area contributed by atoms with Gasteiger partial charge in [-0.05, 0) is 0 Å². The Labute approximate surface area is 90.5 Å². The van der Waals surface area contributed by atoms with Gasteiger partial charge in [0.05, 0.1) is 10.0 Å². The van der Waals surface area contributed by atoms with E-state index in [4.69, 9.17) is 34.8 Å². The highest BCUT2D eigenvalue weighted by molar-refractivity contribution is 8.00. The molecule has 13 heavy (non-hydrogen) atoms. The average Bonchev–Trinajstić information content (AvgIpc) is 2.15. The number of rotatable bonds is 1. The zero-order valence-electron chi connectivity index (χ0n) is 5.68. The number of aromatic amines is 1. The summed E-state index contributed by atoms with van der Waals surface area (Å²) in [4.78, 5) is 2.21. The minimum atomic E-state index is -4.42. The Morgan fingerprint density at radius 1 is 1.08 bits per heavy atom. The smallest absolute Gasteiger partial charge is 0.338 e. The number of hydrogen-bond donors (Lipinski definition) is 1. The van der Waals surface area contributed by atoms with Gasteiger partial charge in [-0.1, -0.05) is 34.8 Å². The van der Waals surface area contributed by atoms with E-state index < -0.39 is 17.3 Å². The molecule has 0 amide bonds. The summed E-state index contributed by atoms with van der Waals surface area (Å²) in [5.74, 6) is 0. The van der Waals surface area contributed by atoms with Crippen LogP contribution in [0.5, 0.6) is 0 Å². The molecule has 0 aliphatic carbocycles. The molecule has 0 bridgehead atoms. The number of aromatic nitrogens is 1. The minimum Gasteiger partial charge on any atom is -0.338 e. The predicted molar refractivity (Wildman–Crippen MR) is 47.7 cm³/mol. The maximum Gasteiger partial charge on any atom is 0.447 e. The van der Waals surface area contributed by atoms with Crippen molar-refractivity contribution in [2.75, 3.05) is 0 Å². The van der Waals surface area contributed by atoms with E-state index in [1.807, 2.05) is 0 Å². The van der Waals surface area contributed by atoms with Gasteiger partial charge in [0.2, 0.25) is 0 Å². The van der Waals surface area contributed by atoms with E-state index in [0.29, 0.717) is 0 Å². The molecule has 1 nitrogen and oxygen atoms in total. The van der Waals surface area contributed by atoms with E-state index in [0.717, 1.165) is 0 Å². The summed E-state index contributed by atoms with van der Waals surface area (Å²) in [7, 11) is 0. The van der Waals surface area contributed by atoms with E-state index >= 15 is 0 Å². The van der Waals surface area contributed by atoms with Crippen LogP contribution in [-0.4, -0.2) is 10.5 Å². The van der Waals surface area contributed by atoms with Crippen LogP contribution in [-0.2, 0) is 0 Å². The van der Waals surface area contributed by atoms with Crippen LogP contribution in [0.4, 0.5) is 13.2 Å². The number of halogens is 6. The molecule has 8 heteroatoms. The second-order valence-corrected chi connectivity index (χ2v) is 4.15. The van der Waals surface area contributed by atoms with Crippen LogP contribution in [0.2, 0.25) is 15.2 Å². The van der Waals surface area contributed by atoms with Gasteiger partial charge in [-0.2, -0.15) is 13.2 Å². The highest BCUT2D eigenvalue weighted by Crippen LogP contribution is 2.44. The summed E-state index contributed by atoms with van der Waals surface area (Å²) in [5.41, 5.74) is -4.42. The van der Waals surface area contributed by atoms with Crippen molar-refractivity contribution in [3.63, 3.8) is 0 Å². The van der Waals surface area contributed by atoms with E-state index in [1.54, 1.807) is 0 Å². The summed E-state index contributed by atoms with van der Waals surface area (Å²) in [5, 5.41) is -0.716. The van der Waals surface area contributed by atoms with Gasteiger partial charge in [0.25, 0.3) is 0 Å². The molecule has 0 spiro atoms. The van der Waals surface area contributed by atoms with E-state index in [2.05, 4.69) is 4.98 Å². The lowest BCUT2D eigenvalue weighted by Crippen LogP contribution is -1.99. The van der Waals surface area contributed by atoms with Gasteiger partial charge in [0, 0.05) is 11.8 Å². The Balaban J connectivity index is 2.97. The van der Waals surface area contributed by atoms with Gasteiger partial charge in [-0.25, -0.2) is 0 Å². The maximum absolute atomic E-state index is 11.9. The van der Waals surface area contributed by atoms with Crippen LogP contribution < -0.4 is 0 Å². The number of H-pyrrole nitrogens is 1. The molecule has 1 aromatic heterocycles. The molecule has 0 aromatic carbocycles. The van der Waals surface area contributed by atoms with Crippen LogP contribution >= 0.6 is 46.6 Å². The Kier molecular flexibility index (Phi) is 3.33. The normalized spacial score (nSPS) is 12.2. The quantitative estimate of drug-likeness (QED) is 0.738. The molecule has 1 N–H and O–H groups in total. The Bertz CT molecular complexity index is 322.